The highest BCUT2D eigenvalue weighted by atomic mass is 16.5. The van der Waals surface area contributed by atoms with Crippen LogP contribution in [0.2, 0.25) is 0 Å². The van der Waals surface area contributed by atoms with E-state index < -0.39 is 0 Å². The summed E-state index contributed by atoms with van der Waals surface area (Å²) in [5, 5.41) is 0. The molecule has 0 bridgehead atoms. The number of ether oxygens (including phenoxy) is 1. The largest absolute Gasteiger partial charge is 0.464 e. The molecule has 0 fully saturated rings. The van der Waals surface area contributed by atoms with Crippen LogP contribution in [0.15, 0.2) is 24.3 Å². The molecule has 0 saturated heterocycles. The molecule has 0 unspecified atom stereocenters. The Morgan fingerprint density at radius 2 is 1.40 bits per heavy atom. The van der Waals surface area contributed by atoms with E-state index in [-0.39, 0.29) is 11.9 Å². The molecule has 0 radical (unpaired) electrons. The van der Waals surface area contributed by atoms with Crippen LogP contribution in [0.3, 0.4) is 0 Å². The van der Waals surface area contributed by atoms with Gasteiger partial charge in [-0.3, -0.25) is 9.69 Å². The van der Waals surface area contributed by atoms with Gasteiger partial charge in [0.1, 0.15) is 6.61 Å². The number of esters is 1. The molecule has 0 aliphatic rings. The Kier molecular flexibility index (Phi) is 14.5. The lowest BCUT2D eigenvalue weighted by Gasteiger charge is -2.22. The predicted octanol–water partition coefficient (Wildman–Crippen LogP) is 6.99. The summed E-state index contributed by atoms with van der Waals surface area (Å²) in [7, 11) is 0. The van der Waals surface area contributed by atoms with Gasteiger partial charge in [-0.2, -0.15) is 0 Å². The average Bonchev–Trinajstić information content (AvgIpc) is 2.73. The second kappa shape index (κ2) is 16.4. The molecule has 0 aromatic heterocycles. The second-order valence-electron chi connectivity index (χ2n) is 9.19. The Balaban J connectivity index is 2.43. The van der Waals surface area contributed by atoms with Crippen molar-refractivity contribution in [3.63, 3.8) is 0 Å². The van der Waals surface area contributed by atoms with E-state index in [4.69, 9.17) is 4.74 Å². The number of unbranched alkanes of at least 4 members (excludes halogenated alkanes) is 6. The van der Waals surface area contributed by atoms with Crippen LogP contribution < -0.4 is 0 Å². The van der Waals surface area contributed by atoms with Crippen LogP contribution in [0.25, 0.3) is 0 Å². The molecule has 0 heterocycles. The van der Waals surface area contributed by atoms with E-state index in [0.29, 0.717) is 12.5 Å². The summed E-state index contributed by atoms with van der Waals surface area (Å²) in [6.45, 7) is 14.5. The first kappa shape index (κ1) is 26.7. The molecule has 0 aliphatic heterocycles. The standard InChI is InChI=1S/C27H47NO2/c1-6-8-10-12-18-28(19-13-11-9-7-2)20-21-30-27(29)24(5)26-16-14-25(15-17-26)22-23(3)4/h14-17,23-24H,6-13,18-22H2,1-5H3/t24-/m1/s1. The van der Waals surface area contributed by atoms with Gasteiger partial charge in [-0.1, -0.05) is 90.5 Å². The summed E-state index contributed by atoms with van der Waals surface area (Å²) >= 11 is 0. The number of benzene rings is 1. The minimum absolute atomic E-state index is 0.108. The third-order valence-electron chi connectivity index (χ3n) is 5.78. The third kappa shape index (κ3) is 11.7. The molecule has 0 saturated carbocycles. The fraction of sp³-hybridized carbons (Fsp3) is 0.741. The van der Waals surface area contributed by atoms with Crippen LogP contribution in [0.5, 0.6) is 0 Å². The summed E-state index contributed by atoms with van der Waals surface area (Å²) in [5.41, 5.74) is 2.37. The highest BCUT2D eigenvalue weighted by molar-refractivity contribution is 5.77. The van der Waals surface area contributed by atoms with E-state index in [9.17, 15) is 4.79 Å². The Bertz CT molecular complexity index is 540. The zero-order chi connectivity index (χ0) is 22.2. The van der Waals surface area contributed by atoms with Gasteiger partial charge in [0.25, 0.3) is 0 Å². The lowest BCUT2D eigenvalue weighted by Crippen LogP contribution is -2.31. The highest BCUT2D eigenvalue weighted by Crippen LogP contribution is 2.19. The first-order valence-corrected chi connectivity index (χ1v) is 12.5. The number of carbonyl (C=O) groups excluding carboxylic acids is 1. The van der Waals surface area contributed by atoms with Crippen molar-refractivity contribution in [3.05, 3.63) is 35.4 Å². The number of carbonyl (C=O) groups is 1. The van der Waals surface area contributed by atoms with E-state index in [1.165, 1.54) is 56.9 Å². The van der Waals surface area contributed by atoms with Crippen LogP contribution in [0, 0.1) is 5.92 Å². The van der Waals surface area contributed by atoms with Gasteiger partial charge in [0, 0.05) is 6.54 Å². The van der Waals surface area contributed by atoms with Crippen LogP contribution in [0.4, 0.5) is 0 Å². The zero-order valence-electron chi connectivity index (χ0n) is 20.4. The van der Waals surface area contributed by atoms with Crippen molar-refractivity contribution in [2.24, 2.45) is 5.92 Å². The molecule has 1 aromatic carbocycles. The van der Waals surface area contributed by atoms with Crippen molar-refractivity contribution in [2.45, 2.75) is 98.3 Å². The Labute approximate surface area is 186 Å². The molecule has 172 valence electrons. The third-order valence-corrected chi connectivity index (χ3v) is 5.78. The maximum absolute atomic E-state index is 12.5. The van der Waals surface area contributed by atoms with Gasteiger partial charge < -0.3 is 4.74 Å². The molecule has 3 heteroatoms. The molecule has 1 atom stereocenters. The van der Waals surface area contributed by atoms with Gasteiger partial charge in [0.05, 0.1) is 5.92 Å². The zero-order valence-corrected chi connectivity index (χ0v) is 20.4. The monoisotopic (exact) mass is 417 g/mol. The molecule has 3 nitrogen and oxygen atoms in total. The van der Waals surface area contributed by atoms with E-state index in [1.54, 1.807) is 0 Å². The lowest BCUT2D eigenvalue weighted by molar-refractivity contribution is -0.145. The molecule has 0 aliphatic carbocycles. The smallest absolute Gasteiger partial charge is 0.313 e. The minimum atomic E-state index is -0.208. The quantitative estimate of drug-likeness (QED) is 0.202. The Morgan fingerprint density at radius 1 is 0.833 bits per heavy atom. The lowest BCUT2D eigenvalue weighted by atomic mass is 9.97. The SMILES string of the molecule is CCCCCCN(CCCCCC)CCOC(=O)[C@H](C)c1ccc(CC(C)C)cc1. The summed E-state index contributed by atoms with van der Waals surface area (Å²) in [4.78, 5) is 15.0. The first-order valence-electron chi connectivity index (χ1n) is 12.5. The van der Waals surface area contributed by atoms with Gasteiger partial charge in [0.15, 0.2) is 0 Å². The maximum Gasteiger partial charge on any atom is 0.313 e. The molecule has 1 rings (SSSR count). The van der Waals surface area contributed by atoms with Crippen molar-refractivity contribution in [2.75, 3.05) is 26.2 Å². The normalized spacial score (nSPS) is 12.5. The van der Waals surface area contributed by atoms with Crippen LogP contribution in [-0.4, -0.2) is 37.1 Å². The topological polar surface area (TPSA) is 29.5 Å². The predicted molar refractivity (Wildman–Crippen MR) is 129 cm³/mol. The number of rotatable bonds is 17. The van der Waals surface area contributed by atoms with Crippen LogP contribution >= 0.6 is 0 Å². The molecule has 0 N–H and O–H groups in total. The molecule has 1 aromatic rings. The van der Waals surface area contributed by atoms with Crippen molar-refractivity contribution in [3.8, 4) is 0 Å². The first-order chi connectivity index (χ1) is 14.5. The summed E-state index contributed by atoms with van der Waals surface area (Å²) in [6, 6.07) is 8.45. The van der Waals surface area contributed by atoms with Crippen molar-refractivity contribution in [1.82, 2.24) is 4.90 Å². The molecule has 0 spiro atoms. The van der Waals surface area contributed by atoms with E-state index in [2.05, 4.69) is 56.9 Å². The number of hydrogen-bond acceptors (Lipinski definition) is 3. The number of nitrogens with zero attached hydrogens (tertiary/aromatic N) is 1. The van der Waals surface area contributed by atoms with E-state index in [0.717, 1.165) is 31.6 Å². The van der Waals surface area contributed by atoms with Crippen molar-refractivity contribution in [1.29, 1.82) is 0 Å². The molecular weight excluding hydrogens is 370 g/mol. The Hall–Kier alpha value is -1.35. The van der Waals surface area contributed by atoms with Crippen molar-refractivity contribution < 1.29 is 9.53 Å². The second-order valence-corrected chi connectivity index (χ2v) is 9.19. The summed E-state index contributed by atoms with van der Waals surface area (Å²) < 4.78 is 5.66. The highest BCUT2D eigenvalue weighted by Gasteiger charge is 2.17. The Morgan fingerprint density at radius 3 is 1.90 bits per heavy atom. The average molecular weight is 418 g/mol. The van der Waals surface area contributed by atoms with Crippen molar-refractivity contribution >= 4 is 5.97 Å². The van der Waals surface area contributed by atoms with E-state index >= 15 is 0 Å². The fourth-order valence-corrected chi connectivity index (χ4v) is 3.81. The van der Waals surface area contributed by atoms with Gasteiger partial charge in [-0.25, -0.2) is 0 Å². The fourth-order valence-electron chi connectivity index (χ4n) is 3.81. The van der Waals surface area contributed by atoms with Crippen LogP contribution in [0.1, 0.15) is 103 Å². The molecule has 0 amide bonds. The molecular formula is C27H47NO2. The van der Waals surface area contributed by atoms with Gasteiger partial charge in [-0.05, 0) is 56.3 Å². The van der Waals surface area contributed by atoms with Gasteiger partial charge in [-0.15, -0.1) is 0 Å². The summed E-state index contributed by atoms with van der Waals surface area (Å²) in [5.74, 6) is 0.328. The van der Waals surface area contributed by atoms with Gasteiger partial charge >= 0.3 is 5.97 Å². The van der Waals surface area contributed by atoms with Gasteiger partial charge in [0.2, 0.25) is 0 Å². The number of hydrogen-bond donors (Lipinski definition) is 0. The van der Waals surface area contributed by atoms with Crippen LogP contribution in [-0.2, 0) is 16.0 Å². The summed E-state index contributed by atoms with van der Waals surface area (Å²) in [6.07, 6.45) is 11.3. The maximum atomic E-state index is 12.5. The molecule has 30 heavy (non-hydrogen) atoms. The minimum Gasteiger partial charge on any atom is -0.464 e. The van der Waals surface area contributed by atoms with E-state index in [1.807, 2.05) is 6.92 Å².